The molecule has 8 nitrogen and oxygen atoms in total. The Bertz CT molecular complexity index is 692. The van der Waals surface area contributed by atoms with E-state index in [1.165, 1.54) is 0 Å². The Balaban J connectivity index is 1.37. The number of hydrogen-bond donors (Lipinski definition) is 0. The molecule has 2 aromatic heterocycles. The highest BCUT2D eigenvalue weighted by Gasteiger charge is 2.38. The Hall–Kier alpha value is -1.80. The molecule has 25 heavy (non-hydrogen) atoms. The maximum Gasteiger partial charge on any atom is 0.240 e. The Labute approximate surface area is 146 Å². The van der Waals surface area contributed by atoms with Crippen molar-refractivity contribution in [1.82, 2.24) is 25.2 Å². The molecule has 8 heteroatoms. The minimum atomic E-state index is 0.182. The molecule has 0 amide bonds. The molecule has 0 N–H and O–H groups in total. The van der Waals surface area contributed by atoms with Crippen molar-refractivity contribution in [1.29, 1.82) is 0 Å². The zero-order chi connectivity index (χ0) is 17.2. The summed E-state index contributed by atoms with van der Waals surface area (Å²) in [5.41, 5.74) is 0. The van der Waals surface area contributed by atoms with Crippen molar-refractivity contribution < 1.29 is 13.8 Å². The smallest absolute Gasteiger partial charge is 0.240 e. The topological polar surface area (TPSA) is 90.3 Å². The number of aromatic nitrogens is 4. The van der Waals surface area contributed by atoms with Gasteiger partial charge in [-0.1, -0.05) is 10.3 Å². The van der Waals surface area contributed by atoms with E-state index in [9.17, 15) is 0 Å². The van der Waals surface area contributed by atoms with E-state index in [4.69, 9.17) is 13.8 Å². The quantitative estimate of drug-likeness (QED) is 0.832. The van der Waals surface area contributed by atoms with Crippen LogP contribution in [0.4, 0.5) is 0 Å². The number of rotatable bonds is 4. The summed E-state index contributed by atoms with van der Waals surface area (Å²) in [5, 5.41) is 7.82. The second-order valence-electron chi connectivity index (χ2n) is 7.11. The fourth-order valence-electron chi connectivity index (χ4n) is 4.03. The molecule has 2 aliphatic rings. The van der Waals surface area contributed by atoms with E-state index >= 15 is 0 Å². The van der Waals surface area contributed by atoms with E-state index in [2.05, 4.69) is 25.2 Å². The molecule has 136 valence electrons. The average molecular weight is 347 g/mol. The van der Waals surface area contributed by atoms with Crippen molar-refractivity contribution >= 4 is 0 Å². The molecule has 0 aliphatic carbocycles. The van der Waals surface area contributed by atoms with Gasteiger partial charge in [0.1, 0.15) is 0 Å². The predicted molar refractivity (Wildman–Crippen MR) is 87.8 cm³/mol. The van der Waals surface area contributed by atoms with Crippen LogP contribution in [0.5, 0.6) is 0 Å². The number of ether oxygens (including phenoxy) is 1. The van der Waals surface area contributed by atoms with E-state index < -0.39 is 0 Å². The molecule has 2 aromatic rings. The summed E-state index contributed by atoms with van der Waals surface area (Å²) in [5.74, 6) is 3.58. The van der Waals surface area contributed by atoms with Crippen LogP contribution < -0.4 is 0 Å². The van der Waals surface area contributed by atoms with E-state index in [-0.39, 0.29) is 12.0 Å². The van der Waals surface area contributed by atoms with Gasteiger partial charge in [-0.2, -0.15) is 9.97 Å². The molecule has 0 aromatic carbocycles. The van der Waals surface area contributed by atoms with Gasteiger partial charge in [-0.15, -0.1) is 0 Å². The third-order valence-electron chi connectivity index (χ3n) is 5.25. The van der Waals surface area contributed by atoms with Crippen LogP contribution >= 0.6 is 0 Å². The fraction of sp³-hybridized carbons (Fsp3) is 0.765. The van der Waals surface area contributed by atoms with E-state index in [0.29, 0.717) is 23.5 Å². The lowest BCUT2D eigenvalue weighted by molar-refractivity contribution is -0.0588. The predicted octanol–water partition coefficient (Wildman–Crippen LogP) is 2.24. The van der Waals surface area contributed by atoms with Gasteiger partial charge < -0.3 is 13.8 Å². The van der Waals surface area contributed by atoms with Crippen molar-refractivity contribution in [3.05, 3.63) is 23.4 Å². The molecule has 0 bridgehead atoms. The lowest BCUT2D eigenvalue weighted by atomic mass is 9.80. The van der Waals surface area contributed by atoms with Crippen LogP contribution in [-0.2, 0) is 11.3 Å². The second-order valence-corrected chi connectivity index (χ2v) is 7.11. The first-order valence-corrected chi connectivity index (χ1v) is 9.12. The third kappa shape index (κ3) is 3.74. The van der Waals surface area contributed by atoms with Gasteiger partial charge in [0, 0.05) is 6.61 Å². The monoisotopic (exact) mass is 347 g/mol. The molecule has 0 spiro atoms. The zero-order valence-electron chi connectivity index (χ0n) is 14.8. The summed E-state index contributed by atoms with van der Waals surface area (Å²) >= 11 is 0. The highest BCUT2D eigenvalue weighted by Crippen LogP contribution is 2.37. The third-order valence-corrected chi connectivity index (χ3v) is 5.25. The van der Waals surface area contributed by atoms with Gasteiger partial charge in [0.05, 0.1) is 18.6 Å². The van der Waals surface area contributed by atoms with Crippen molar-refractivity contribution in [2.45, 2.75) is 58.1 Å². The van der Waals surface area contributed by atoms with Crippen LogP contribution in [0, 0.1) is 19.8 Å². The van der Waals surface area contributed by atoms with Crippen LogP contribution in [-0.4, -0.2) is 51.0 Å². The largest absolute Gasteiger partial charge is 0.377 e. The molecule has 4 heterocycles. The Kier molecular flexibility index (Phi) is 4.80. The van der Waals surface area contributed by atoms with Gasteiger partial charge >= 0.3 is 0 Å². The SMILES string of the molecule is Cc1noc(CN2CCC([C@@H]3OCCC[C@H]3c3nc(C)no3)CC2)n1. The van der Waals surface area contributed by atoms with Crippen molar-refractivity contribution in [2.24, 2.45) is 5.92 Å². The Morgan fingerprint density at radius 2 is 1.76 bits per heavy atom. The Morgan fingerprint density at radius 3 is 2.44 bits per heavy atom. The second kappa shape index (κ2) is 7.21. The summed E-state index contributed by atoms with van der Waals surface area (Å²) in [6, 6.07) is 0. The molecule has 2 saturated heterocycles. The number of aryl methyl sites for hydroxylation is 2. The number of likely N-dealkylation sites (tertiary alicyclic amines) is 1. The summed E-state index contributed by atoms with van der Waals surface area (Å²) in [4.78, 5) is 11.1. The molecule has 0 saturated carbocycles. The summed E-state index contributed by atoms with van der Waals surface area (Å²) in [6.45, 7) is 7.30. The lowest BCUT2D eigenvalue weighted by Crippen LogP contribution is -2.42. The van der Waals surface area contributed by atoms with E-state index in [1.54, 1.807) is 0 Å². The van der Waals surface area contributed by atoms with Crippen molar-refractivity contribution in [3.63, 3.8) is 0 Å². The standard InChI is InChI=1S/C17H25N5O3/c1-11-18-15(24-20-11)10-22-7-5-13(6-8-22)16-14(4-3-9-23-16)17-19-12(2)21-25-17/h13-14,16H,3-10H2,1-2H3/t14-,16+/m1/s1. The molecular formula is C17H25N5O3. The first-order valence-electron chi connectivity index (χ1n) is 9.12. The minimum Gasteiger partial charge on any atom is -0.377 e. The van der Waals surface area contributed by atoms with Crippen LogP contribution in [0.1, 0.15) is 55.0 Å². The lowest BCUT2D eigenvalue weighted by Gasteiger charge is -2.39. The number of nitrogens with zero attached hydrogens (tertiary/aromatic N) is 5. The number of piperidine rings is 1. The zero-order valence-corrected chi connectivity index (χ0v) is 14.8. The number of hydrogen-bond acceptors (Lipinski definition) is 8. The maximum atomic E-state index is 6.16. The molecule has 2 atom stereocenters. The average Bonchev–Trinajstić information content (AvgIpc) is 3.24. The van der Waals surface area contributed by atoms with Gasteiger partial charge in [-0.3, -0.25) is 4.90 Å². The molecule has 0 unspecified atom stereocenters. The summed E-state index contributed by atoms with van der Waals surface area (Å²) < 4.78 is 16.8. The van der Waals surface area contributed by atoms with Gasteiger partial charge in [-0.25, -0.2) is 0 Å². The molecule has 4 rings (SSSR count). The highest BCUT2D eigenvalue weighted by atomic mass is 16.5. The van der Waals surface area contributed by atoms with E-state index in [1.807, 2.05) is 13.8 Å². The van der Waals surface area contributed by atoms with Crippen LogP contribution in [0.2, 0.25) is 0 Å². The first-order chi connectivity index (χ1) is 12.2. The van der Waals surface area contributed by atoms with Crippen LogP contribution in [0.15, 0.2) is 9.05 Å². The van der Waals surface area contributed by atoms with Gasteiger partial charge in [-0.05, 0) is 58.5 Å². The van der Waals surface area contributed by atoms with Crippen molar-refractivity contribution in [2.75, 3.05) is 19.7 Å². The fourth-order valence-corrected chi connectivity index (χ4v) is 4.03. The first kappa shape index (κ1) is 16.7. The summed E-state index contributed by atoms with van der Waals surface area (Å²) in [7, 11) is 0. The Morgan fingerprint density at radius 1 is 1.00 bits per heavy atom. The minimum absolute atomic E-state index is 0.182. The molecule has 0 radical (unpaired) electrons. The van der Waals surface area contributed by atoms with Crippen molar-refractivity contribution in [3.8, 4) is 0 Å². The van der Waals surface area contributed by atoms with E-state index in [0.717, 1.165) is 57.8 Å². The molecular weight excluding hydrogens is 322 g/mol. The molecule has 2 aliphatic heterocycles. The van der Waals surface area contributed by atoms with Crippen LogP contribution in [0.25, 0.3) is 0 Å². The maximum absolute atomic E-state index is 6.16. The van der Waals surface area contributed by atoms with Gasteiger partial charge in [0.25, 0.3) is 0 Å². The highest BCUT2D eigenvalue weighted by molar-refractivity contribution is 5.01. The normalized spacial score (nSPS) is 26.2. The summed E-state index contributed by atoms with van der Waals surface area (Å²) in [6.07, 6.45) is 4.50. The van der Waals surface area contributed by atoms with Gasteiger partial charge in [0.15, 0.2) is 11.6 Å². The van der Waals surface area contributed by atoms with Crippen LogP contribution in [0.3, 0.4) is 0 Å². The van der Waals surface area contributed by atoms with Gasteiger partial charge in [0.2, 0.25) is 11.8 Å². The molecule has 2 fully saturated rings.